The Morgan fingerprint density at radius 2 is 1.76 bits per heavy atom. The smallest absolute Gasteiger partial charge is 0.314 e. The summed E-state index contributed by atoms with van der Waals surface area (Å²) in [6.45, 7) is 4.41. The molecule has 1 aromatic carbocycles. The average Bonchev–Trinajstić information content (AvgIpc) is 2.93. The number of fused-ring (bicyclic) bond motifs is 1. The fraction of sp³-hybridized carbons (Fsp3) is 0.588. The van der Waals surface area contributed by atoms with E-state index >= 15 is 0 Å². The SMILES string of the molecule is CC(C)c1cc2c(cc1C1(C(=O)O)CCCCC1)OCO2. The Kier molecular flexibility index (Phi) is 3.56. The molecule has 0 unspecified atom stereocenters. The molecule has 1 aliphatic carbocycles. The first-order chi connectivity index (χ1) is 10.0. The van der Waals surface area contributed by atoms with Gasteiger partial charge in [0.2, 0.25) is 6.79 Å². The molecule has 0 amide bonds. The van der Waals surface area contributed by atoms with E-state index in [1.165, 1.54) is 0 Å². The van der Waals surface area contributed by atoms with Crippen molar-refractivity contribution in [3.63, 3.8) is 0 Å². The molecule has 1 fully saturated rings. The molecule has 1 saturated carbocycles. The molecule has 4 nitrogen and oxygen atoms in total. The highest BCUT2D eigenvalue weighted by molar-refractivity contribution is 5.82. The van der Waals surface area contributed by atoms with E-state index in [9.17, 15) is 9.90 Å². The molecule has 21 heavy (non-hydrogen) atoms. The molecular formula is C17H22O4. The van der Waals surface area contributed by atoms with Crippen molar-refractivity contribution in [1.82, 2.24) is 0 Å². The molecule has 114 valence electrons. The van der Waals surface area contributed by atoms with Crippen molar-refractivity contribution in [1.29, 1.82) is 0 Å². The van der Waals surface area contributed by atoms with Crippen LogP contribution in [0.1, 0.15) is 63.0 Å². The van der Waals surface area contributed by atoms with Crippen molar-refractivity contribution >= 4 is 5.97 Å². The molecular weight excluding hydrogens is 268 g/mol. The van der Waals surface area contributed by atoms with Crippen molar-refractivity contribution in [2.45, 2.75) is 57.3 Å². The van der Waals surface area contributed by atoms with E-state index in [-0.39, 0.29) is 12.7 Å². The largest absolute Gasteiger partial charge is 0.481 e. The van der Waals surface area contributed by atoms with Gasteiger partial charge in [-0.2, -0.15) is 0 Å². The lowest BCUT2D eigenvalue weighted by Crippen LogP contribution is -2.38. The number of hydrogen-bond donors (Lipinski definition) is 1. The lowest BCUT2D eigenvalue weighted by Gasteiger charge is -2.36. The molecule has 1 heterocycles. The van der Waals surface area contributed by atoms with Crippen molar-refractivity contribution < 1.29 is 19.4 Å². The highest BCUT2D eigenvalue weighted by atomic mass is 16.7. The minimum absolute atomic E-state index is 0.219. The summed E-state index contributed by atoms with van der Waals surface area (Å²) in [6, 6.07) is 3.89. The van der Waals surface area contributed by atoms with Crippen LogP contribution in [0.25, 0.3) is 0 Å². The first-order valence-corrected chi connectivity index (χ1v) is 7.72. The minimum atomic E-state index is -0.765. The number of carboxylic acids is 1. The van der Waals surface area contributed by atoms with Gasteiger partial charge in [0.25, 0.3) is 0 Å². The highest BCUT2D eigenvalue weighted by Crippen LogP contribution is 2.47. The maximum atomic E-state index is 12.1. The molecule has 0 spiro atoms. The third-order valence-corrected chi connectivity index (χ3v) is 4.80. The molecule has 0 aromatic heterocycles. The van der Waals surface area contributed by atoms with Gasteiger partial charge in [-0.15, -0.1) is 0 Å². The van der Waals surface area contributed by atoms with Gasteiger partial charge in [0.05, 0.1) is 5.41 Å². The standard InChI is InChI=1S/C17H22O4/c1-11(2)12-8-14-15(21-10-20-14)9-13(12)17(16(18)19)6-4-3-5-7-17/h8-9,11H,3-7,10H2,1-2H3,(H,18,19). The third-order valence-electron chi connectivity index (χ3n) is 4.80. The van der Waals surface area contributed by atoms with Gasteiger partial charge in [-0.1, -0.05) is 33.1 Å². The number of carbonyl (C=O) groups is 1. The second kappa shape index (κ2) is 5.24. The first-order valence-electron chi connectivity index (χ1n) is 7.72. The number of aliphatic carboxylic acids is 1. The van der Waals surface area contributed by atoms with Crippen LogP contribution < -0.4 is 9.47 Å². The van der Waals surface area contributed by atoms with Gasteiger partial charge in [-0.3, -0.25) is 4.79 Å². The zero-order chi connectivity index (χ0) is 15.0. The van der Waals surface area contributed by atoms with Crippen LogP contribution in [0.2, 0.25) is 0 Å². The van der Waals surface area contributed by atoms with E-state index in [4.69, 9.17) is 9.47 Å². The molecule has 3 rings (SSSR count). The quantitative estimate of drug-likeness (QED) is 0.919. The zero-order valence-electron chi connectivity index (χ0n) is 12.6. The normalized spacial score (nSPS) is 19.8. The maximum Gasteiger partial charge on any atom is 0.314 e. The van der Waals surface area contributed by atoms with E-state index in [1.54, 1.807) is 0 Å². The fourth-order valence-corrected chi connectivity index (χ4v) is 3.60. The second-order valence-electron chi connectivity index (χ2n) is 6.40. The van der Waals surface area contributed by atoms with Crippen LogP contribution in [0.5, 0.6) is 11.5 Å². The summed E-state index contributed by atoms with van der Waals surface area (Å²) >= 11 is 0. The molecule has 2 aliphatic rings. The van der Waals surface area contributed by atoms with Crippen molar-refractivity contribution in [3.8, 4) is 11.5 Å². The van der Waals surface area contributed by atoms with Gasteiger partial charge < -0.3 is 14.6 Å². The predicted octanol–water partition coefficient (Wildman–Crippen LogP) is 3.83. The zero-order valence-corrected chi connectivity index (χ0v) is 12.6. The molecule has 0 bridgehead atoms. The van der Waals surface area contributed by atoms with Gasteiger partial charge in [-0.25, -0.2) is 0 Å². The minimum Gasteiger partial charge on any atom is -0.481 e. The Bertz CT molecular complexity index is 556. The summed E-state index contributed by atoms with van der Waals surface area (Å²) in [6.07, 6.45) is 4.48. The van der Waals surface area contributed by atoms with Crippen molar-refractivity contribution in [2.75, 3.05) is 6.79 Å². The molecule has 0 radical (unpaired) electrons. The maximum absolute atomic E-state index is 12.1. The van der Waals surface area contributed by atoms with Gasteiger partial charge in [-0.05, 0) is 42.0 Å². The van der Waals surface area contributed by atoms with Crippen LogP contribution in [0, 0.1) is 0 Å². The molecule has 1 N–H and O–H groups in total. The monoisotopic (exact) mass is 290 g/mol. The Balaban J connectivity index is 2.16. The van der Waals surface area contributed by atoms with E-state index in [0.717, 1.165) is 36.1 Å². The van der Waals surface area contributed by atoms with Crippen molar-refractivity contribution in [2.24, 2.45) is 0 Å². The van der Waals surface area contributed by atoms with E-state index in [0.29, 0.717) is 18.6 Å². The van der Waals surface area contributed by atoms with Crippen molar-refractivity contribution in [3.05, 3.63) is 23.3 Å². The molecule has 1 aliphatic heterocycles. The fourth-order valence-electron chi connectivity index (χ4n) is 3.60. The third kappa shape index (κ3) is 2.27. The highest BCUT2D eigenvalue weighted by Gasteiger charge is 2.43. The van der Waals surface area contributed by atoms with Crippen LogP contribution >= 0.6 is 0 Å². The summed E-state index contributed by atoms with van der Waals surface area (Å²) < 4.78 is 10.9. The first kappa shape index (κ1) is 14.2. The van der Waals surface area contributed by atoms with Gasteiger partial charge in [0, 0.05) is 0 Å². The Hall–Kier alpha value is -1.71. The van der Waals surface area contributed by atoms with E-state index < -0.39 is 11.4 Å². The Morgan fingerprint density at radius 3 is 2.33 bits per heavy atom. The van der Waals surface area contributed by atoms with E-state index in [2.05, 4.69) is 13.8 Å². The lowest BCUT2D eigenvalue weighted by molar-refractivity contribution is -0.145. The number of ether oxygens (including phenoxy) is 2. The molecule has 0 atom stereocenters. The topological polar surface area (TPSA) is 55.8 Å². The summed E-state index contributed by atoms with van der Waals surface area (Å²) in [5.74, 6) is 0.968. The van der Waals surface area contributed by atoms with Gasteiger partial charge >= 0.3 is 5.97 Å². The summed E-state index contributed by atoms with van der Waals surface area (Å²) in [4.78, 5) is 12.1. The molecule has 0 saturated heterocycles. The summed E-state index contributed by atoms with van der Waals surface area (Å²) in [5, 5.41) is 9.92. The van der Waals surface area contributed by atoms with E-state index in [1.807, 2.05) is 12.1 Å². The number of carboxylic acid groups (broad SMARTS) is 1. The van der Waals surface area contributed by atoms with Gasteiger partial charge in [0.1, 0.15) is 0 Å². The van der Waals surface area contributed by atoms with Crippen LogP contribution in [-0.4, -0.2) is 17.9 Å². The summed E-state index contributed by atoms with van der Waals surface area (Å²) in [5.41, 5.74) is 1.23. The summed E-state index contributed by atoms with van der Waals surface area (Å²) in [7, 11) is 0. The predicted molar refractivity (Wildman–Crippen MR) is 79.1 cm³/mol. The Labute approximate surface area is 125 Å². The number of hydrogen-bond acceptors (Lipinski definition) is 3. The average molecular weight is 290 g/mol. The number of rotatable bonds is 3. The second-order valence-corrected chi connectivity index (χ2v) is 6.40. The molecule has 1 aromatic rings. The van der Waals surface area contributed by atoms with Gasteiger partial charge in [0.15, 0.2) is 11.5 Å². The van der Waals surface area contributed by atoms with Crippen LogP contribution in [0.3, 0.4) is 0 Å². The van der Waals surface area contributed by atoms with Crippen LogP contribution in [0.4, 0.5) is 0 Å². The van der Waals surface area contributed by atoms with Crippen LogP contribution in [-0.2, 0) is 10.2 Å². The van der Waals surface area contributed by atoms with Crippen LogP contribution in [0.15, 0.2) is 12.1 Å². The molecule has 4 heteroatoms. The number of benzene rings is 1. The Morgan fingerprint density at radius 1 is 1.14 bits per heavy atom. The lowest BCUT2D eigenvalue weighted by atomic mass is 9.67.